The van der Waals surface area contributed by atoms with E-state index in [0.717, 1.165) is 16.9 Å². The average Bonchev–Trinajstić information content (AvgIpc) is 2.63. The average molecular weight is 303 g/mol. The second-order valence-electron chi connectivity index (χ2n) is 4.90. The lowest BCUT2D eigenvalue weighted by molar-refractivity contribution is 0.306. The van der Waals surface area contributed by atoms with Gasteiger partial charge in [-0.3, -0.25) is 5.43 Å². The largest absolute Gasteiger partial charge is 0.488 e. The topological polar surface area (TPSA) is 46.5 Å². The van der Waals surface area contributed by atoms with Crippen LogP contribution < -0.4 is 10.2 Å². The lowest BCUT2D eigenvalue weighted by Crippen LogP contribution is -1.99. The summed E-state index contributed by atoms with van der Waals surface area (Å²) in [6, 6.07) is 23.5. The summed E-state index contributed by atoms with van der Waals surface area (Å²) >= 11 is 0. The molecular formula is C19H17N3O. The van der Waals surface area contributed by atoms with E-state index in [4.69, 9.17) is 4.74 Å². The lowest BCUT2D eigenvalue weighted by Gasteiger charge is -2.09. The molecule has 0 aliphatic heterocycles. The molecule has 1 N–H and O–H groups in total. The number of pyridine rings is 1. The second kappa shape index (κ2) is 7.75. The van der Waals surface area contributed by atoms with Gasteiger partial charge in [0.2, 0.25) is 0 Å². The molecule has 0 aliphatic rings. The Labute approximate surface area is 135 Å². The van der Waals surface area contributed by atoms with Crippen LogP contribution in [0.1, 0.15) is 11.1 Å². The molecule has 3 rings (SSSR count). The first kappa shape index (κ1) is 14.8. The van der Waals surface area contributed by atoms with Crippen LogP contribution in [0.2, 0.25) is 0 Å². The van der Waals surface area contributed by atoms with E-state index < -0.39 is 0 Å². The number of ether oxygens (including phenoxy) is 1. The van der Waals surface area contributed by atoms with Crippen molar-refractivity contribution in [3.63, 3.8) is 0 Å². The standard InChI is InChI=1S/C19H17N3O/c1-2-8-16(9-3-1)15-23-18-11-5-4-10-17(18)14-21-22-19-12-6-7-13-20-19/h1-14H,15H2,(H,20,22)/b21-14+. The highest BCUT2D eigenvalue weighted by molar-refractivity contribution is 5.83. The highest BCUT2D eigenvalue weighted by Gasteiger charge is 2.01. The zero-order valence-electron chi connectivity index (χ0n) is 12.6. The van der Waals surface area contributed by atoms with Gasteiger partial charge in [0.1, 0.15) is 18.2 Å². The highest BCUT2D eigenvalue weighted by Crippen LogP contribution is 2.17. The van der Waals surface area contributed by atoms with Crippen molar-refractivity contribution in [1.29, 1.82) is 0 Å². The van der Waals surface area contributed by atoms with Crippen LogP contribution in [-0.2, 0) is 6.61 Å². The highest BCUT2D eigenvalue weighted by atomic mass is 16.5. The molecule has 0 saturated carbocycles. The Balaban J connectivity index is 1.65. The first-order valence-corrected chi connectivity index (χ1v) is 7.38. The molecule has 0 bridgehead atoms. The Morgan fingerprint density at radius 2 is 1.70 bits per heavy atom. The minimum atomic E-state index is 0.527. The van der Waals surface area contributed by atoms with E-state index in [1.54, 1.807) is 12.4 Å². The minimum Gasteiger partial charge on any atom is -0.488 e. The number of nitrogens with one attached hydrogen (secondary N) is 1. The van der Waals surface area contributed by atoms with Crippen molar-refractivity contribution < 1.29 is 4.74 Å². The maximum absolute atomic E-state index is 5.89. The van der Waals surface area contributed by atoms with Crippen LogP contribution in [0.25, 0.3) is 0 Å². The van der Waals surface area contributed by atoms with Crippen LogP contribution in [-0.4, -0.2) is 11.2 Å². The molecule has 0 saturated heterocycles. The summed E-state index contributed by atoms with van der Waals surface area (Å²) in [6.45, 7) is 0.527. The van der Waals surface area contributed by atoms with Crippen molar-refractivity contribution in [2.24, 2.45) is 5.10 Å². The van der Waals surface area contributed by atoms with Gasteiger partial charge < -0.3 is 4.74 Å². The SMILES string of the molecule is C(=N\Nc1ccccn1)/c1ccccc1OCc1ccccc1. The molecular weight excluding hydrogens is 286 g/mol. The van der Waals surface area contributed by atoms with Gasteiger partial charge in [0.05, 0.1) is 6.21 Å². The van der Waals surface area contributed by atoms with E-state index in [-0.39, 0.29) is 0 Å². The maximum Gasteiger partial charge on any atom is 0.146 e. The summed E-state index contributed by atoms with van der Waals surface area (Å²) in [7, 11) is 0. The van der Waals surface area contributed by atoms with Crippen LogP contribution in [0.5, 0.6) is 5.75 Å². The zero-order valence-corrected chi connectivity index (χ0v) is 12.6. The zero-order chi connectivity index (χ0) is 15.7. The molecule has 2 aromatic carbocycles. The Hall–Kier alpha value is -3.14. The quantitative estimate of drug-likeness (QED) is 0.550. The summed E-state index contributed by atoms with van der Waals surface area (Å²) in [4.78, 5) is 4.15. The Bertz CT molecular complexity index is 758. The van der Waals surface area contributed by atoms with E-state index in [2.05, 4.69) is 15.5 Å². The molecule has 114 valence electrons. The van der Waals surface area contributed by atoms with Crippen molar-refractivity contribution in [2.75, 3.05) is 5.43 Å². The van der Waals surface area contributed by atoms with Gasteiger partial charge in [0.25, 0.3) is 0 Å². The van der Waals surface area contributed by atoms with Gasteiger partial charge in [-0.25, -0.2) is 4.98 Å². The molecule has 1 aromatic heterocycles. The van der Waals surface area contributed by atoms with Gasteiger partial charge in [-0.1, -0.05) is 48.5 Å². The third-order valence-corrected chi connectivity index (χ3v) is 3.20. The number of rotatable bonds is 6. The number of nitrogens with zero attached hydrogens (tertiary/aromatic N) is 2. The second-order valence-corrected chi connectivity index (χ2v) is 4.90. The predicted molar refractivity (Wildman–Crippen MR) is 92.7 cm³/mol. The fourth-order valence-electron chi connectivity index (χ4n) is 2.05. The number of benzene rings is 2. The summed E-state index contributed by atoms with van der Waals surface area (Å²) in [5.74, 6) is 1.49. The Kier molecular flexibility index (Phi) is 4.98. The molecule has 1 heterocycles. The van der Waals surface area contributed by atoms with Crippen molar-refractivity contribution >= 4 is 12.0 Å². The molecule has 0 unspecified atom stereocenters. The summed E-state index contributed by atoms with van der Waals surface area (Å²) in [5, 5.41) is 4.21. The van der Waals surface area contributed by atoms with Gasteiger partial charge in [0, 0.05) is 11.8 Å². The van der Waals surface area contributed by atoms with Gasteiger partial charge in [0.15, 0.2) is 0 Å². The molecule has 3 aromatic rings. The summed E-state index contributed by atoms with van der Waals surface area (Å²) in [6.07, 6.45) is 3.45. The van der Waals surface area contributed by atoms with Gasteiger partial charge >= 0.3 is 0 Å². The van der Waals surface area contributed by atoms with E-state index in [1.807, 2.05) is 72.8 Å². The fourth-order valence-corrected chi connectivity index (χ4v) is 2.05. The van der Waals surface area contributed by atoms with E-state index >= 15 is 0 Å². The van der Waals surface area contributed by atoms with Gasteiger partial charge in [-0.05, 0) is 29.8 Å². The van der Waals surface area contributed by atoms with Crippen molar-refractivity contribution in [1.82, 2.24) is 4.98 Å². The third-order valence-electron chi connectivity index (χ3n) is 3.20. The van der Waals surface area contributed by atoms with Crippen LogP contribution in [0, 0.1) is 0 Å². The number of hydrogen-bond acceptors (Lipinski definition) is 4. The van der Waals surface area contributed by atoms with Gasteiger partial charge in [-0.2, -0.15) is 5.10 Å². The smallest absolute Gasteiger partial charge is 0.146 e. The molecule has 23 heavy (non-hydrogen) atoms. The van der Waals surface area contributed by atoms with Crippen molar-refractivity contribution in [2.45, 2.75) is 6.61 Å². The van der Waals surface area contributed by atoms with Crippen molar-refractivity contribution in [3.05, 3.63) is 90.1 Å². The van der Waals surface area contributed by atoms with E-state index in [0.29, 0.717) is 12.4 Å². The van der Waals surface area contributed by atoms with E-state index in [9.17, 15) is 0 Å². The van der Waals surface area contributed by atoms with Crippen LogP contribution in [0.4, 0.5) is 5.82 Å². The molecule has 4 nitrogen and oxygen atoms in total. The molecule has 0 spiro atoms. The fraction of sp³-hybridized carbons (Fsp3) is 0.0526. The normalized spacial score (nSPS) is 10.6. The predicted octanol–water partition coefficient (Wildman–Crippen LogP) is 4.11. The first-order valence-electron chi connectivity index (χ1n) is 7.38. The van der Waals surface area contributed by atoms with Gasteiger partial charge in [-0.15, -0.1) is 0 Å². The first-order chi connectivity index (χ1) is 11.4. The van der Waals surface area contributed by atoms with Crippen molar-refractivity contribution in [3.8, 4) is 5.75 Å². The Morgan fingerprint density at radius 3 is 2.52 bits per heavy atom. The van der Waals surface area contributed by atoms with E-state index in [1.165, 1.54) is 0 Å². The molecule has 0 radical (unpaired) electrons. The summed E-state index contributed by atoms with van der Waals surface area (Å²) in [5.41, 5.74) is 4.94. The third kappa shape index (κ3) is 4.41. The summed E-state index contributed by atoms with van der Waals surface area (Å²) < 4.78 is 5.89. The molecule has 0 fully saturated rings. The maximum atomic E-state index is 5.89. The minimum absolute atomic E-state index is 0.527. The van der Waals surface area contributed by atoms with Crippen LogP contribution in [0.3, 0.4) is 0 Å². The molecule has 0 atom stereocenters. The molecule has 4 heteroatoms. The van der Waals surface area contributed by atoms with Crippen LogP contribution >= 0.6 is 0 Å². The number of hydrazone groups is 1. The molecule has 0 aliphatic carbocycles. The molecule has 0 amide bonds. The number of aromatic nitrogens is 1. The number of anilines is 1. The Morgan fingerprint density at radius 1 is 0.913 bits per heavy atom. The number of para-hydroxylation sites is 1. The lowest BCUT2D eigenvalue weighted by atomic mass is 10.2. The van der Waals surface area contributed by atoms with Crippen LogP contribution in [0.15, 0.2) is 84.1 Å². The number of hydrogen-bond donors (Lipinski definition) is 1. The monoisotopic (exact) mass is 303 g/mol.